The number of likely N-dealkylation sites (tertiary alicyclic amines) is 1. The van der Waals surface area contributed by atoms with Gasteiger partial charge in [0, 0.05) is 6.04 Å². The number of nitrogens with zero attached hydrogens (tertiary/aromatic N) is 2. The predicted molar refractivity (Wildman–Crippen MR) is 62.9 cm³/mol. The van der Waals surface area contributed by atoms with Crippen molar-refractivity contribution in [2.45, 2.75) is 58.5 Å². The zero-order valence-corrected chi connectivity index (χ0v) is 14.3. The monoisotopic (exact) mass is 236 g/mol. The molecule has 2 aliphatic rings. The second kappa shape index (κ2) is 7.80. The van der Waals surface area contributed by atoms with Crippen LogP contribution in [0, 0.1) is 0 Å². The molecular formula is C12H25KN2. The standard InChI is InChI=1S/C10H19N2.C2H6.K/c1-9(2)12-7-5-10(8-12)4-3-6-11-10;1-2;/h9H,3-8H2,1-2H3;1-2H3;/q-1;;+1. The summed E-state index contributed by atoms with van der Waals surface area (Å²) in [4.78, 5) is 2.56. The Hall–Kier alpha value is 1.56. The van der Waals surface area contributed by atoms with Gasteiger partial charge in [-0.3, -0.25) is 0 Å². The molecule has 3 heteroatoms. The van der Waals surface area contributed by atoms with Gasteiger partial charge in [-0.15, -0.1) is 12.1 Å². The van der Waals surface area contributed by atoms with Gasteiger partial charge in [0.2, 0.25) is 0 Å². The van der Waals surface area contributed by atoms with Crippen LogP contribution in [0.15, 0.2) is 0 Å². The minimum Gasteiger partial charge on any atom is -0.656 e. The second-order valence-corrected chi connectivity index (χ2v) is 4.52. The largest absolute Gasteiger partial charge is 1.00 e. The van der Waals surface area contributed by atoms with Crippen LogP contribution < -0.4 is 51.4 Å². The van der Waals surface area contributed by atoms with Crippen molar-refractivity contribution in [3.05, 3.63) is 5.32 Å². The Balaban J connectivity index is 0.000000617. The fraction of sp³-hybridized carbons (Fsp3) is 1.00. The summed E-state index contributed by atoms with van der Waals surface area (Å²) in [5.74, 6) is 0. The Bertz CT molecular complexity index is 165. The van der Waals surface area contributed by atoms with Gasteiger partial charge >= 0.3 is 51.4 Å². The van der Waals surface area contributed by atoms with E-state index in [2.05, 4.69) is 18.7 Å². The predicted octanol–water partition coefficient (Wildman–Crippen LogP) is 0.0370. The van der Waals surface area contributed by atoms with Crippen molar-refractivity contribution < 1.29 is 51.4 Å². The van der Waals surface area contributed by atoms with Gasteiger partial charge < -0.3 is 10.2 Å². The Morgan fingerprint density at radius 3 is 2.27 bits per heavy atom. The van der Waals surface area contributed by atoms with Gasteiger partial charge in [-0.05, 0) is 26.9 Å². The summed E-state index contributed by atoms with van der Waals surface area (Å²) in [6.07, 6.45) is 3.98. The van der Waals surface area contributed by atoms with Crippen LogP contribution in [0.2, 0.25) is 0 Å². The molecule has 2 nitrogen and oxygen atoms in total. The molecular weight excluding hydrogens is 211 g/mol. The third-order valence-corrected chi connectivity index (χ3v) is 3.34. The Labute approximate surface area is 138 Å². The first-order valence-electron chi connectivity index (χ1n) is 6.15. The fourth-order valence-corrected chi connectivity index (χ4v) is 2.47. The summed E-state index contributed by atoms with van der Waals surface area (Å²) in [5.41, 5.74) is 0.393. The number of rotatable bonds is 1. The van der Waals surface area contributed by atoms with Crippen molar-refractivity contribution in [1.82, 2.24) is 4.90 Å². The molecule has 0 aromatic heterocycles. The quantitative estimate of drug-likeness (QED) is 0.588. The van der Waals surface area contributed by atoms with E-state index in [0.29, 0.717) is 11.6 Å². The molecule has 0 aromatic carbocycles. The minimum absolute atomic E-state index is 0. The third-order valence-electron chi connectivity index (χ3n) is 3.34. The molecule has 84 valence electrons. The molecule has 1 spiro atoms. The summed E-state index contributed by atoms with van der Waals surface area (Å²) in [6, 6.07) is 0.708. The first kappa shape index (κ1) is 16.6. The molecule has 2 rings (SSSR count). The van der Waals surface area contributed by atoms with E-state index in [0.717, 1.165) is 6.54 Å². The normalized spacial score (nSPS) is 30.2. The van der Waals surface area contributed by atoms with Crippen LogP contribution >= 0.6 is 0 Å². The summed E-state index contributed by atoms with van der Waals surface area (Å²) in [7, 11) is 0. The van der Waals surface area contributed by atoms with E-state index in [9.17, 15) is 0 Å². The summed E-state index contributed by atoms with van der Waals surface area (Å²) in [5, 5.41) is 4.76. The molecule has 2 saturated heterocycles. The summed E-state index contributed by atoms with van der Waals surface area (Å²) in [6.45, 7) is 12.2. The van der Waals surface area contributed by atoms with Crippen LogP contribution in [-0.4, -0.2) is 36.1 Å². The van der Waals surface area contributed by atoms with Crippen molar-refractivity contribution in [2.75, 3.05) is 19.6 Å². The molecule has 0 radical (unpaired) electrons. The maximum Gasteiger partial charge on any atom is 1.00 e. The third kappa shape index (κ3) is 4.38. The van der Waals surface area contributed by atoms with E-state index in [1.54, 1.807) is 0 Å². The maximum atomic E-state index is 4.76. The van der Waals surface area contributed by atoms with Crippen molar-refractivity contribution in [1.29, 1.82) is 0 Å². The minimum atomic E-state index is 0. The van der Waals surface area contributed by atoms with Gasteiger partial charge in [-0.1, -0.05) is 33.1 Å². The van der Waals surface area contributed by atoms with Crippen LogP contribution in [0.25, 0.3) is 5.32 Å². The summed E-state index contributed by atoms with van der Waals surface area (Å²) >= 11 is 0. The van der Waals surface area contributed by atoms with Crippen molar-refractivity contribution in [3.63, 3.8) is 0 Å². The Morgan fingerprint density at radius 1 is 1.20 bits per heavy atom. The average Bonchev–Trinajstić information content (AvgIpc) is 2.81. The maximum absolute atomic E-state index is 4.76. The Morgan fingerprint density at radius 2 is 1.87 bits per heavy atom. The van der Waals surface area contributed by atoms with Crippen molar-refractivity contribution >= 4 is 0 Å². The molecule has 0 aromatic rings. The van der Waals surface area contributed by atoms with Gasteiger partial charge in [-0.2, -0.15) is 0 Å². The molecule has 0 amide bonds. The molecule has 2 heterocycles. The smallest absolute Gasteiger partial charge is 0.656 e. The van der Waals surface area contributed by atoms with E-state index in [-0.39, 0.29) is 51.4 Å². The van der Waals surface area contributed by atoms with Gasteiger partial charge in [0.05, 0.1) is 0 Å². The van der Waals surface area contributed by atoms with Crippen LogP contribution in [0.4, 0.5) is 0 Å². The molecule has 0 aliphatic carbocycles. The van der Waals surface area contributed by atoms with Crippen LogP contribution in [-0.2, 0) is 0 Å². The molecule has 0 bridgehead atoms. The van der Waals surface area contributed by atoms with Gasteiger partial charge in [0.1, 0.15) is 0 Å². The SMILES string of the molecule is CC.CC(C)N1CCC2(CCC[N-]2)C1.[K+]. The fourth-order valence-electron chi connectivity index (χ4n) is 2.47. The van der Waals surface area contributed by atoms with E-state index in [4.69, 9.17) is 5.32 Å². The van der Waals surface area contributed by atoms with Crippen molar-refractivity contribution in [2.24, 2.45) is 0 Å². The Kier molecular flexibility index (Phi) is 8.61. The zero-order chi connectivity index (χ0) is 10.6. The second-order valence-electron chi connectivity index (χ2n) is 4.52. The first-order chi connectivity index (χ1) is 6.72. The average molecular weight is 236 g/mol. The molecule has 0 saturated carbocycles. The van der Waals surface area contributed by atoms with E-state index < -0.39 is 0 Å². The summed E-state index contributed by atoms with van der Waals surface area (Å²) < 4.78 is 0. The van der Waals surface area contributed by atoms with Gasteiger partial charge in [-0.25, -0.2) is 0 Å². The molecule has 2 fully saturated rings. The van der Waals surface area contributed by atoms with Gasteiger partial charge in [0.25, 0.3) is 0 Å². The van der Waals surface area contributed by atoms with Crippen LogP contribution in [0.3, 0.4) is 0 Å². The van der Waals surface area contributed by atoms with E-state index >= 15 is 0 Å². The molecule has 1 unspecified atom stereocenters. The topological polar surface area (TPSA) is 17.3 Å². The van der Waals surface area contributed by atoms with Crippen LogP contribution in [0.5, 0.6) is 0 Å². The molecule has 1 atom stereocenters. The first-order valence-corrected chi connectivity index (χ1v) is 6.15. The van der Waals surface area contributed by atoms with Crippen molar-refractivity contribution in [3.8, 4) is 0 Å². The van der Waals surface area contributed by atoms with E-state index in [1.807, 2.05) is 13.8 Å². The number of hydrogen-bond donors (Lipinski definition) is 0. The van der Waals surface area contributed by atoms with Crippen LogP contribution in [0.1, 0.15) is 47.0 Å². The number of hydrogen-bond acceptors (Lipinski definition) is 1. The molecule has 15 heavy (non-hydrogen) atoms. The molecule has 0 N–H and O–H groups in total. The zero-order valence-electron chi connectivity index (χ0n) is 11.2. The van der Waals surface area contributed by atoms with Gasteiger partial charge in [0.15, 0.2) is 0 Å². The molecule has 2 aliphatic heterocycles. The van der Waals surface area contributed by atoms with E-state index in [1.165, 1.54) is 32.4 Å².